The summed E-state index contributed by atoms with van der Waals surface area (Å²) < 4.78 is 0. The van der Waals surface area contributed by atoms with Gasteiger partial charge in [-0.05, 0) is 56.2 Å². The molecule has 1 unspecified atom stereocenters. The molecule has 0 saturated carbocycles. The van der Waals surface area contributed by atoms with Crippen molar-refractivity contribution in [3.05, 3.63) is 56.8 Å². The van der Waals surface area contributed by atoms with Gasteiger partial charge in [-0.3, -0.25) is 0 Å². The highest BCUT2D eigenvalue weighted by molar-refractivity contribution is 7.12. The van der Waals surface area contributed by atoms with Crippen LogP contribution in [0.5, 0.6) is 0 Å². The van der Waals surface area contributed by atoms with Crippen LogP contribution in [-0.2, 0) is 19.3 Å². The first-order valence-corrected chi connectivity index (χ1v) is 8.29. The van der Waals surface area contributed by atoms with Crippen molar-refractivity contribution in [2.45, 2.75) is 44.4 Å². The Morgan fingerprint density at radius 2 is 2.05 bits per heavy atom. The van der Waals surface area contributed by atoms with Crippen LogP contribution in [0.3, 0.4) is 0 Å². The normalized spacial score (nSPS) is 16.1. The molecule has 3 rings (SSSR count). The minimum absolute atomic E-state index is 0.123. The van der Waals surface area contributed by atoms with Gasteiger partial charge in [-0.25, -0.2) is 0 Å². The number of halogens is 1. The van der Waals surface area contributed by atoms with Crippen molar-refractivity contribution in [3.63, 3.8) is 0 Å². The lowest BCUT2D eigenvalue weighted by atomic mass is 9.98. The molecular formula is C17H19ClS. The Balaban J connectivity index is 1.76. The summed E-state index contributed by atoms with van der Waals surface area (Å²) in [4.78, 5) is 2.94. The van der Waals surface area contributed by atoms with Gasteiger partial charge in [0.25, 0.3) is 0 Å². The van der Waals surface area contributed by atoms with E-state index in [9.17, 15) is 0 Å². The highest BCUT2D eigenvalue weighted by atomic mass is 35.5. The van der Waals surface area contributed by atoms with Crippen LogP contribution >= 0.6 is 22.9 Å². The zero-order valence-electron chi connectivity index (χ0n) is 11.3. The van der Waals surface area contributed by atoms with Crippen LogP contribution < -0.4 is 0 Å². The van der Waals surface area contributed by atoms with Crippen LogP contribution in [0.25, 0.3) is 0 Å². The lowest BCUT2D eigenvalue weighted by Gasteiger charge is -2.08. The van der Waals surface area contributed by atoms with Crippen molar-refractivity contribution in [2.75, 3.05) is 0 Å². The molecule has 0 bridgehead atoms. The predicted octanol–water partition coefficient (Wildman–Crippen LogP) is 5.46. The van der Waals surface area contributed by atoms with Crippen LogP contribution in [0.2, 0.25) is 0 Å². The Morgan fingerprint density at radius 1 is 1.21 bits per heavy atom. The number of hydrogen-bond donors (Lipinski definition) is 0. The van der Waals surface area contributed by atoms with Gasteiger partial charge in [0.2, 0.25) is 0 Å². The van der Waals surface area contributed by atoms with Gasteiger partial charge in [0, 0.05) is 9.75 Å². The molecule has 1 heterocycles. The Kier molecular flexibility index (Phi) is 3.95. The Morgan fingerprint density at radius 3 is 2.84 bits per heavy atom. The first-order chi connectivity index (χ1) is 9.22. The average Bonchev–Trinajstić information content (AvgIpc) is 2.82. The van der Waals surface area contributed by atoms with E-state index in [1.807, 2.05) is 11.3 Å². The van der Waals surface area contributed by atoms with Gasteiger partial charge in [-0.2, -0.15) is 0 Å². The van der Waals surface area contributed by atoms with Crippen molar-refractivity contribution in [1.29, 1.82) is 0 Å². The Labute approximate surface area is 124 Å². The first-order valence-electron chi connectivity index (χ1n) is 7.03. The Hall–Kier alpha value is -0.790. The van der Waals surface area contributed by atoms with E-state index < -0.39 is 0 Å². The summed E-state index contributed by atoms with van der Waals surface area (Å²) in [5, 5.41) is 0.123. The van der Waals surface area contributed by atoms with E-state index >= 15 is 0 Å². The Bertz CT molecular complexity index is 547. The second-order valence-electron chi connectivity index (χ2n) is 5.47. The fourth-order valence-electron chi connectivity index (χ4n) is 2.81. The molecule has 1 aromatic heterocycles. The van der Waals surface area contributed by atoms with Gasteiger partial charge in [0.05, 0.1) is 5.38 Å². The van der Waals surface area contributed by atoms with Gasteiger partial charge in [0.1, 0.15) is 0 Å². The maximum absolute atomic E-state index is 6.62. The quantitative estimate of drug-likeness (QED) is 0.659. The summed E-state index contributed by atoms with van der Waals surface area (Å²) in [6.07, 6.45) is 6.13. The number of alkyl halides is 1. The van der Waals surface area contributed by atoms with Crippen molar-refractivity contribution in [3.8, 4) is 0 Å². The largest absolute Gasteiger partial charge is 0.144 e. The van der Waals surface area contributed by atoms with Crippen LogP contribution in [0.4, 0.5) is 0 Å². The molecule has 0 amide bonds. The number of hydrogen-bond acceptors (Lipinski definition) is 1. The second-order valence-corrected chi connectivity index (χ2v) is 7.16. The van der Waals surface area contributed by atoms with E-state index in [1.165, 1.54) is 41.7 Å². The molecule has 0 spiro atoms. The van der Waals surface area contributed by atoms with Crippen molar-refractivity contribution in [2.24, 2.45) is 0 Å². The number of fused-ring (bicyclic) bond motifs is 1. The molecule has 2 aromatic rings. The number of benzene rings is 1. The van der Waals surface area contributed by atoms with E-state index in [-0.39, 0.29) is 5.38 Å². The minimum atomic E-state index is 0.123. The summed E-state index contributed by atoms with van der Waals surface area (Å²) in [6, 6.07) is 11.0. The smallest absolute Gasteiger partial charge is 0.0719 e. The lowest BCUT2D eigenvalue weighted by Crippen LogP contribution is -1.96. The SMILES string of the molecule is Cc1cccc(CC(Cl)c2cc3c(s2)CCCC3)c1. The maximum atomic E-state index is 6.62. The third kappa shape index (κ3) is 3.04. The third-order valence-corrected chi connectivity index (χ3v) is 5.69. The molecule has 0 saturated heterocycles. The standard InChI is InChI=1S/C17H19ClS/c1-12-5-4-6-13(9-12)10-15(18)17-11-14-7-2-3-8-16(14)19-17/h4-6,9,11,15H,2-3,7-8,10H2,1H3. The average molecular weight is 291 g/mol. The fraction of sp³-hybridized carbons (Fsp3) is 0.412. The summed E-state index contributed by atoms with van der Waals surface area (Å²) in [5.41, 5.74) is 4.21. The van der Waals surface area contributed by atoms with Gasteiger partial charge in [0.15, 0.2) is 0 Å². The summed E-state index contributed by atoms with van der Waals surface area (Å²) in [5.74, 6) is 0. The maximum Gasteiger partial charge on any atom is 0.0719 e. The second kappa shape index (κ2) is 5.68. The summed E-state index contributed by atoms with van der Waals surface area (Å²) in [6.45, 7) is 2.14. The predicted molar refractivity (Wildman–Crippen MR) is 84.4 cm³/mol. The van der Waals surface area contributed by atoms with Crippen LogP contribution in [0.15, 0.2) is 30.3 Å². The van der Waals surface area contributed by atoms with E-state index in [0.717, 1.165) is 6.42 Å². The molecule has 0 radical (unpaired) electrons. The highest BCUT2D eigenvalue weighted by Crippen LogP contribution is 2.36. The molecule has 19 heavy (non-hydrogen) atoms. The molecule has 1 aromatic carbocycles. The van der Waals surface area contributed by atoms with E-state index in [0.29, 0.717) is 0 Å². The minimum Gasteiger partial charge on any atom is -0.144 e. The molecule has 0 aliphatic heterocycles. The van der Waals surface area contributed by atoms with E-state index in [4.69, 9.17) is 11.6 Å². The molecular weight excluding hydrogens is 272 g/mol. The zero-order valence-corrected chi connectivity index (χ0v) is 12.9. The molecule has 0 N–H and O–H groups in total. The topological polar surface area (TPSA) is 0 Å². The molecule has 100 valence electrons. The van der Waals surface area contributed by atoms with E-state index in [1.54, 1.807) is 10.4 Å². The molecule has 0 nitrogen and oxygen atoms in total. The van der Waals surface area contributed by atoms with Gasteiger partial charge in [-0.1, -0.05) is 29.8 Å². The summed E-state index contributed by atoms with van der Waals surface area (Å²) >= 11 is 8.56. The summed E-state index contributed by atoms with van der Waals surface area (Å²) in [7, 11) is 0. The van der Waals surface area contributed by atoms with Crippen molar-refractivity contribution in [1.82, 2.24) is 0 Å². The van der Waals surface area contributed by atoms with Gasteiger partial charge < -0.3 is 0 Å². The number of thiophene rings is 1. The number of aryl methyl sites for hydroxylation is 3. The number of rotatable bonds is 3. The highest BCUT2D eigenvalue weighted by Gasteiger charge is 2.18. The molecule has 1 atom stereocenters. The molecule has 1 aliphatic rings. The van der Waals surface area contributed by atoms with Gasteiger partial charge >= 0.3 is 0 Å². The molecule has 1 aliphatic carbocycles. The van der Waals surface area contributed by atoms with Crippen molar-refractivity contribution >= 4 is 22.9 Å². The van der Waals surface area contributed by atoms with Gasteiger partial charge in [-0.15, -0.1) is 22.9 Å². The first kappa shape index (κ1) is 13.2. The third-order valence-electron chi connectivity index (χ3n) is 3.82. The van der Waals surface area contributed by atoms with Crippen molar-refractivity contribution < 1.29 is 0 Å². The molecule has 2 heteroatoms. The lowest BCUT2D eigenvalue weighted by molar-refractivity contribution is 0.697. The zero-order chi connectivity index (χ0) is 13.2. The fourth-order valence-corrected chi connectivity index (χ4v) is 4.42. The van der Waals surface area contributed by atoms with Crippen LogP contribution in [0.1, 0.15) is 44.7 Å². The molecule has 0 fully saturated rings. The van der Waals surface area contributed by atoms with E-state index in [2.05, 4.69) is 37.3 Å². The van der Waals surface area contributed by atoms with Crippen LogP contribution in [0, 0.1) is 6.92 Å². The van der Waals surface area contributed by atoms with Crippen LogP contribution in [-0.4, -0.2) is 0 Å². The monoisotopic (exact) mass is 290 g/mol.